The molecule has 1 aliphatic rings. The maximum atomic E-state index is 14.1. The van der Waals surface area contributed by atoms with Crippen LogP contribution < -0.4 is 14.4 Å². The number of nitrogens with one attached hydrogen (secondary N) is 1. The van der Waals surface area contributed by atoms with Gasteiger partial charge in [-0.2, -0.15) is 0 Å². The van der Waals surface area contributed by atoms with Crippen molar-refractivity contribution in [2.45, 2.75) is 62.6 Å². The first-order chi connectivity index (χ1) is 20.1. The third-order valence-electron chi connectivity index (χ3n) is 7.39. The molecule has 3 aromatic rings. The van der Waals surface area contributed by atoms with Crippen molar-refractivity contribution in [1.82, 2.24) is 10.2 Å². The summed E-state index contributed by atoms with van der Waals surface area (Å²) in [6.45, 7) is 1.12. The lowest BCUT2D eigenvalue weighted by atomic mass is 9.95. The van der Waals surface area contributed by atoms with Crippen LogP contribution >= 0.6 is 23.2 Å². The molecule has 0 aliphatic heterocycles. The summed E-state index contributed by atoms with van der Waals surface area (Å²) in [5, 5.41) is 3.48. The Morgan fingerprint density at radius 2 is 1.69 bits per heavy atom. The topological polar surface area (TPSA) is 96.0 Å². The molecule has 0 aromatic heterocycles. The van der Waals surface area contributed by atoms with Crippen molar-refractivity contribution in [3.63, 3.8) is 0 Å². The zero-order valence-electron chi connectivity index (χ0n) is 23.6. The maximum absolute atomic E-state index is 14.1. The zero-order chi connectivity index (χ0) is 30.3. The normalized spacial score (nSPS) is 14.6. The number of carbonyl (C=O) groups excluding carboxylic acids is 2. The molecule has 0 saturated heterocycles. The molecular formula is C31H35Cl2N3O5S. The Balaban J connectivity index is 1.70. The highest BCUT2D eigenvalue weighted by atomic mass is 35.5. The molecule has 0 heterocycles. The van der Waals surface area contributed by atoms with Gasteiger partial charge >= 0.3 is 0 Å². The standard InChI is InChI=1S/C31H35Cl2N3O5S/c1-22(31(38)34-25-11-5-3-6-12-25)35(20-23-10-9-13-26(18-23)41-2)30(37)21-36(29-17-16-24(32)19-28(29)33)42(39,40)27-14-7-4-8-15-27/h4,7-10,13-19,22,25H,3,5-6,11-12,20-21H2,1-2H3,(H,34,38). The number of anilines is 1. The van der Waals surface area contributed by atoms with Gasteiger partial charge in [-0.1, -0.05) is 72.8 Å². The fourth-order valence-corrected chi connectivity index (χ4v) is 7.05. The average Bonchev–Trinajstić information content (AvgIpc) is 2.99. The van der Waals surface area contributed by atoms with Crippen LogP contribution in [-0.4, -0.2) is 50.9 Å². The van der Waals surface area contributed by atoms with Crippen LogP contribution in [-0.2, 0) is 26.2 Å². The first-order valence-corrected chi connectivity index (χ1v) is 16.1. The van der Waals surface area contributed by atoms with Crippen LogP contribution in [0, 0.1) is 0 Å². The Bertz CT molecular complexity index is 1500. The molecule has 0 spiro atoms. The van der Waals surface area contributed by atoms with Crippen LogP contribution in [0.4, 0.5) is 5.69 Å². The number of halogens is 2. The number of methoxy groups -OCH3 is 1. The zero-order valence-corrected chi connectivity index (χ0v) is 26.0. The van der Waals surface area contributed by atoms with Crippen molar-refractivity contribution in [2.24, 2.45) is 0 Å². The largest absolute Gasteiger partial charge is 0.497 e. The van der Waals surface area contributed by atoms with Gasteiger partial charge in [0.1, 0.15) is 18.3 Å². The second-order valence-corrected chi connectivity index (χ2v) is 13.0. The molecule has 8 nitrogen and oxygen atoms in total. The van der Waals surface area contributed by atoms with Gasteiger partial charge in [0.2, 0.25) is 11.8 Å². The van der Waals surface area contributed by atoms with Crippen molar-refractivity contribution >= 4 is 50.7 Å². The van der Waals surface area contributed by atoms with E-state index in [1.165, 1.54) is 35.2 Å². The lowest BCUT2D eigenvalue weighted by Crippen LogP contribution is -2.53. The summed E-state index contributed by atoms with van der Waals surface area (Å²) in [6, 6.07) is 18.5. The Kier molecular flexibility index (Phi) is 10.8. The molecule has 0 radical (unpaired) electrons. The first kappa shape index (κ1) is 31.7. The van der Waals surface area contributed by atoms with Crippen molar-refractivity contribution < 1.29 is 22.7 Å². The van der Waals surface area contributed by atoms with E-state index in [-0.39, 0.29) is 34.1 Å². The Labute approximate surface area is 257 Å². The van der Waals surface area contributed by atoms with E-state index in [0.717, 1.165) is 42.0 Å². The second kappa shape index (κ2) is 14.3. The van der Waals surface area contributed by atoms with E-state index in [9.17, 15) is 18.0 Å². The molecule has 1 N–H and O–H groups in total. The summed E-state index contributed by atoms with van der Waals surface area (Å²) in [5.74, 6) is -0.268. The number of nitrogens with zero attached hydrogens (tertiary/aromatic N) is 2. The van der Waals surface area contributed by atoms with Gasteiger partial charge in [-0.3, -0.25) is 13.9 Å². The molecule has 3 aromatic carbocycles. The minimum atomic E-state index is -4.23. The number of ether oxygens (including phenoxy) is 1. The molecule has 11 heteroatoms. The highest BCUT2D eigenvalue weighted by Gasteiger charge is 2.34. The average molecular weight is 633 g/mol. The molecule has 1 aliphatic carbocycles. The van der Waals surface area contributed by atoms with Crippen LogP contribution in [0.15, 0.2) is 77.7 Å². The number of rotatable bonds is 11. The van der Waals surface area contributed by atoms with Gasteiger partial charge in [0.15, 0.2) is 0 Å². The summed E-state index contributed by atoms with van der Waals surface area (Å²) in [6.07, 6.45) is 5.00. The highest BCUT2D eigenvalue weighted by molar-refractivity contribution is 7.92. The SMILES string of the molecule is COc1cccc(CN(C(=O)CN(c2ccc(Cl)cc2Cl)S(=O)(=O)c2ccccc2)C(C)C(=O)NC2CCCCC2)c1. The van der Waals surface area contributed by atoms with Crippen LogP contribution in [0.3, 0.4) is 0 Å². The van der Waals surface area contributed by atoms with Crippen molar-refractivity contribution in [3.8, 4) is 5.75 Å². The summed E-state index contributed by atoms with van der Waals surface area (Å²) in [4.78, 5) is 28.9. The van der Waals surface area contributed by atoms with E-state index in [0.29, 0.717) is 10.8 Å². The lowest BCUT2D eigenvalue weighted by Gasteiger charge is -2.33. The van der Waals surface area contributed by atoms with Crippen LogP contribution in [0.5, 0.6) is 5.75 Å². The predicted molar refractivity (Wildman–Crippen MR) is 165 cm³/mol. The minimum absolute atomic E-state index is 0.00810. The summed E-state index contributed by atoms with van der Waals surface area (Å²) in [5.41, 5.74) is 0.820. The third kappa shape index (κ3) is 7.76. The Hall–Kier alpha value is -3.27. The Morgan fingerprint density at radius 1 is 0.976 bits per heavy atom. The fourth-order valence-electron chi connectivity index (χ4n) is 5.04. The molecule has 224 valence electrons. The van der Waals surface area contributed by atoms with Crippen molar-refractivity contribution in [3.05, 3.63) is 88.4 Å². The second-order valence-electron chi connectivity index (χ2n) is 10.3. The molecule has 1 unspecified atom stereocenters. The summed E-state index contributed by atoms with van der Waals surface area (Å²) in [7, 11) is -2.69. The predicted octanol–water partition coefficient (Wildman–Crippen LogP) is 6.06. The molecule has 2 amide bonds. The first-order valence-electron chi connectivity index (χ1n) is 13.9. The molecule has 42 heavy (non-hydrogen) atoms. The van der Waals surface area contributed by atoms with Gasteiger partial charge in [-0.05, 0) is 67.8 Å². The van der Waals surface area contributed by atoms with E-state index >= 15 is 0 Å². The van der Waals surface area contributed by atoms with E-state index in [4.69, 9.17) is 27.9 Å². The van der Waals surface area contributed by atoms with Gasteiger partial charge in [0.05, 0.1) is 22.7 Å². The maximum Gasteiger partial charge on any atom is 0.264 e. The smallest absolute Gasteiger partial charge is 0.264 e. The van der Waals surface area contributed by atoms with Crippen molar-refractivity contribution in [1.29, 1.82) is 0 Å². The number of sulfonamides is 1. The van der Waals surface area contributed by atoms with E-state index in [1.807, 2.05) is 6.07 Å². The number of benzene rings is 3. The molecule has 4 rings (SSSR count). The summed E-state index contributed by atoms with van der Waals surface area (Å²) < 4.78 is 34.1. The quantitative estimate of drug-likeness (QED) is 0.277. The highest BCUT2D eigenvalue weighted by Crippen LogP contribution is 2.33. The van der Waals surface area contributed by atoms with Crippen LogP contribution in [0.2, 0.25) is 10.0 Å². The third-order valence-corrected chi connectivity index (χ3v) is 9.71. The van der Waals surface area contributed by atoms with E-state index in [2.05, 4.69) is 5.32 Å². The number of carbonyl (C=O) groups is 2. The molecule has 0 bridgehead atoms. The molecule has 1 fully saturated rings. The molecular weight excluding hydrogens is 597 g/mol. The monoisotopic (exact) mass is 631 g/mol. The lowest BCUT2D eigenvalue weighted by molar-refractivity contribution is -0.139. The van der Waals surface area contributed by atoms with Gasteiger partial charge in [0.25, 0.3) is 10.0 Å². The Morgan fingerprint density at radius 3 is 2.36 bits per heavy atom. The van der Waals surface area contributed by atoms with Gasteiger partial charge in [0, 0.05) is 17.6 Å². The summed E-state index contributed by atoms with van der Waals surface area (Å²) >= 11 is 12.6. The molecule has 1 saturated carbocycles. The number of hydrogen-bond donors (Lipinski definition) is 1. The van der Waals surface area contributed by atoms with E-state index in [1.54, 1.807) is 50.4 Å². The number of hydrogen-bond acceptors (Lipinski definition) is 5. The van der Waals surface area contributed by atoms with Crippen LogP contribution in [0.1, 0.15) is 44.6 Å². The van der Waals surface area contributed by atoms with Crippen LogP contribution in [0.25, 0.3) is 0 Å². The van der Waals surface area contributed by atoms with Crippen molar-refractivity contribution in [2.75, 3.05) is 18.0 Å². The van der Waals surface area contributed by atoms with E-state index < -0.39 is 28.5 Å². The minimum Gasteiger partial charge on any atom is -0.497 e. The number of amides is 2. The molecule has 1 atom stereocenters. The van der Waals surface area contributed by atoms with Gasteiger partial charge in [-0.15, -0.1) is 0 Å². The van der Waals surface area contributed by atoms with Gasteiger partial charge in [-0.25, -0.2) is 8.42 Å². The van der Waals surface area contributed by atoms with Gasteiger partial charge < -0.3 is 15.0 Å². The fraction of sp³-hybridized carbons (Fsp3) is 0.355.